The Balaban J connectivity index is 1.67. The number of rotatable bonds is 7. The molecule has 0 spiro atoms. The molecule has 2 fully saturated rings. The van der Waals surface area contributed by atoms with Crippen LogP contribution in [0.2, 0.25) is 0 Å². The Hall–Kier alpha value is -1.43. The second-order valence-corrected chi connectivity index (χ2v) is 8.05. The van der Waals surface area contributed by atoms with Gasteiger partial charge in [-0.15, -0.1) is 0 Å². The van der Waals surface area contributed by atoms with E-state index in [0.29, 0.717) is 11.0 Å². The van der Waals surface area contributed by atoms with E-state index in [0.717, 1.165) is 44.2 Å². The Morgan fingerprint density at radius 3 is 2.60 bits per heavy atom. The lowest BCUT2D eigenvalue weighted by Gasteiger charge is -2.35. The van der Waals surface area contributed by atoms with Crippen LogP contribution in [0.4, 0.5) is 0 Å². The van der Waals surface area contributed by atoms with E-state index >= 15 is 0 Å². The number of likely N-dealkylation sites (N-methyl/N-ethyl adjacent to an activating group) is 1. The third-order valence-corrected chi connectivity index (χ3v) is 5.99. The minimum Gasteiger partial charge on any atom is -0.544 e. The van der Waals surface area contributed by atoms with Crippen molar-refractivity contribution in [3.8, 4) is 0 Å². The first-order chi connectivity index (χ1) is 11.9. The molecule has 2 aliphatic rings. The van der Waals surface area contributed by atoms with Gasteiger partial charge >= 0.3 is 0 Å². The largest absolute Gasteiger partial charge is 0.544 e. The smallest absolute Gasteiger partial charge is 0.119 e. The second kappa shape index (κ2) is 7.44. The van der Waals surface area contributed by atoms with E-state index in [-0.39, 0.29) is 25.2 Å². The fourth-order valence-corrected chi connectivity index (χ4v) is 4.53. The third kappa shape index (κ3) is 4.22. The second-order valence-electron chi connectivity index (χ2n) is 8.05. The maximum absolute atomic E-state index is 11.5. The van der Waals surface area contributed by atoms with Gasteiger partial charge in [-0.25, -0.2) is 0 Å². The maximum atomic E-state index is 11.5. The van der Waals surface area contributed by atoms with Crippen molar-refractivity contribution in [2.24, 2.45) is 5.92 Å². The van der Waals surface area contributed by atoms with Gasteiger partial charge in [0, 0.05) is 6.42 Å². The molecule has 25 heavy (non-hydrogen) atoms. The Kier molecular flexibility index (Phi) is 5.46. The number of aliphatic hydroxyl groups is 1. The predicted octanol–water partition coefficient (Wildman–Crippen LogP) is 1.05. The van der Waals surface area contributed by atoms with Gasteiger partial charge in [-0.05, 0) is 24.3 Å². The van der Waals surface area contributed by atoms with Crippen molar-refractivity contribution in [1.82, 2.24) is 0 Å². The summed E-state index contributed by atoms with van der Waals surface area (Å²) in [4.78, 5) is 10.9. The number of carbonyl (C=O) groups is 1. The fraction of sp³-hybridized carbons (Fsp3) is 0.650. The molecular weight excluding hydrogens is 318 g/mol. The molecule has 5 heteroatoms. The molecule has 138 valence electrons. The molecule has 1 aliphatic heterocycles. The number of hydrogen-bond donors (Lipinski definition) is 1. The Morgan fingerprint density at radius 2 is 1.96 bits per heavy atom. The van der Waals surface area contributed by atoms with Crippen LogP contribution in [0.25, 0.3) is 0 Å². The predicted molar refractivity (Wildman–Crippen MR) is 92.4 cm³/mol. The minimum atomic E-state index is -1.02. The zero-order valence-electron chi connectivity index (χ0n) is 15.0. The topological polar surface area (TPSA) is 69.6 Å². The first kappa shape index (κ1) is 18.4. The van der Waals surface area contributed by atoms with Gasteiger partial charge in [0.2, 0.25) is 0 Å². The van der Waals surface area contributed by atoms with Crippen LogP contribution in [-0.2, 0) is 15.1 Å². The average Bonchev–Trinajstić information content (AvgIpc) is 3.23. The number of carboxylic acid groups (broad SMARTS) is 1. The number of likely N-dealkylation sites (tertiary alicyclic amines) is 1. The molecule has 3 unspecified atom stereocenters. The molecule has 3 atom stereocenters. The van der Waals surface area contributed by atoms with E-state index in [2.05, 4.69) is 0 Å². The first-order valence-electron chi connectivity index (χ1n) is 9.34. The van der Waals surface area contributed by atoms with Crippen LogP contribution in [0.3, 0.4) is 0 Å². The van der Waals surface area contributed by atoms with Crippen molar-refractivity contribution in [2.45, 2.75) is 43.8 Å². The van der Waals surface area contributed by atoms with Crippen molar-refractivity contribution in [3.63, 3.8) is 0 Å². The molecule has 1 heterocycles. The maximum Gasteiger partial charge on any atom is 0.119 e. The lowest BCUT2D eigenvalue weighted by molar-refractivity contribution is -0.893. The molecule has 1 saturated carbocycles. The number of quaternary nitrogens is 1. The van der Waals surface area contributed by atoms with E-state index in [1.54, 1.807) is 0 Å². The van der Waals surface area contributed by atoms with Gasteiger partial charge in [-0.3, -0.25) is 0 Å². The number of benzene rings is 1. The van der Waals surface area contributed by atoms with Crippen molar-refractivity contribution in [2.75, 3.05) is 33.3 Å². The van der Waals surface area contributed by atoms with E-state index < -0.39 is 11.6 Å². The molecule has 1 aromatic carbocycles. The van der Waals surface area contributed by atoms with Gasteiger partial charge in [0.1, 0.15) is 24.8 Å². The number of carbonyl (C=O) groups excluding carboxylic acids is 1. The van der Waals surface area contributed by atoms with E-state index in [4.69, 9.17) is 4.74 Å². The highest BCUT2D eigenvalue weighted by Crippen LogP contribution is 2.41. The highest BCUT2D eigenvalue weighted by Gasteiger charge is 2.42. The fourth-order valence-electron chi connectivity index (χ4n) is 4.53. The molecule has 1 saturated heterocycles. The van der Waals surface area contributed by atoms with Crippen molar-refractivity contribution in [3.05, 3.63) is 35.9 Å². The highest BCUT2D eigenvalue weighted by molar-refractivity contribution is 5.65. The quantitative estimate of drug-likeness (QED) is 0.749. The van der Waals surface area contributed by atoms with Crippen molar-refractivity contribution >= 4 is 5.97 Å². The summed E-state index contributed by atoms with van der Waals surface area (Å²) in [6.45, 7) is 1.72. The van der Waals surface area contributed by atoms with Gasteiger partial charge in [0.15, 0.2) is 0 Å². The number of hydrogen-bond acceptors (Lipinski definition) is 4. The Morgan fingerprint density at radius 1 is 1.28 bits per heavy atom. The molecule has 3 rings (SSSR count). The van der Waals surface area contributed by atoms with Crippen molar-refractivity contribution in [1.29, 1.82) is 0 Å². The molecule has 1 N–H and O–H groups in total. The van der Waals surface area contributed by atoms with Crippen LogP contribution in [0.5, 0.6) is 0 Å². The molecular formula is C20H29NO4. The van der Waals surface area contributed by atoms with Crippen molar-refractivity contribution < 1.29 is 24.2 Å². The Bertz CT molecular complexity index is 587. The summed E-state index contributed by atoms with van der Waals surface area (Å²) in [6.07, 6.45) is 5.17. The summed E-state index contributed by atoms with van der Waals surface area (Å²) in [5.41, 5.74) is -0.0372. The molecule has 0 bridgehead atoms. The van der Waals surface area contributed by atoms with Crippen LogP contribution in [0, 0.1) is 5.92 Å². The lowest BCUT2D eigenvalue weighted by atomic mass is 9.80. The summed E-state index contributed by atoms with van der Waals surface area (Å²) in [6, 6.07) is 9.83. The van der Waals surface area contributed by atoms with Gasteiger partial charge in [-0.1, -0.05) is 43.2 Å². The summed E-state index contributed by atoms with van der Waals surface area (Å²) < 4.78 is 6.58. The van der Waals surface area contributed by atoms with E-state index in [1.807, 2.05) is 37.4 Å². The number of carboxylic acids is 1. The number of ether oxygens (including phenoxy) is 1. The summed E-state index contributed by atoms with van der Waals surface area (Å²) in [5, 5.41) is 22.4. The summed E-state index contributed by atoms with van der Waals surface area (Å²) >= 11 is 0. The molecule has 0 radical (unpaired) electrons. The number of aliphatic carboxylic acids is 1. The van der Waals surface area contributed by atoms with E-state index in [1.165, 1.54) is 0 Å². The van der Waals surface area contributed by atoms with Gasteiger partial charge in [0.05, 0.1) is 26.2 Å². The molecule has 5 nitrogen and oxygen atoms in total. The lowest BCUT2D eigenvalue weighted by Crippen LogP contribution is -2.50. The molecule has 1 aliphatic carbocycles. The first-order valence-corrected chi connectivity index (χ1v) is 9.34. The van der Waals surface area contributed by atoms with E-state index in [9.17, 15) is 15.0 Å². The summed E-state index contributed by atoms with van der Waals surface area (Å²) in [7, 11) is 1.93. The zero-order valence-corrected chi connectivity index (χ0v) is 15.0. The van der Waals surface area contributed by atoms with Crippen LogP contribution in [0.1, 0.15) is 37.7 Å². The normalized spacial score (nSPS) is 29.6. The van der Waals surface area contributed by atoms with Gasteiger partial charge in [0.25, 0.3) is 0 Å². The number of nitrogens with zero attached hydrogens (tertiary/aromatic N) is 1. The molecule has 0 amide bonds. The van der Waals surface area contributed by atoms with Gasteiger partial charge < -0.3 is 24.2 Å². The standard InChI is InChI=1S/C20H29NO4/c1-21(14-19(22)23)12-11-18(13-21)25-15-20(24,17-9-5-6-10-17)16-7-3-2-4-8-16/h2-4,7-8,17-18,24H,5-6,9-15H2,1H3. The zero-order chi connectivity index (χ0) is 17.9. The highest BCUT2D eigenvalue weighted by atomic mass is 16.5. The molecule has 0 aromatic heterocycles. The minimum absolute atomic E-state index is 0.0130. The van der Waals surface area contributed by atoms with Gasteiger partial charge in [-0.2, -0.15) is 0 Å². The molecule has 1 aromatic rings. The SMILES string of the molecule is C[N+]1(CC(=O)[O-])CCC(OCC(O)(c2ccccc2)C2CCCC2)C1. The van der Waals surface area contributed by atoms with Crippen LogP contribution in [0.15, 0.2) is 30.3 Å². The van der Waals surface area contributed by atoms with Crippen LogP contribution in [-0.4, -0.2) is 55.0 Å². The third-order valence-electron chi connectivity index (χ3n) is 5.99. The van der Waals surface area contributed by atoms with Crippen LogP contribution >= 0.6 is 0 Å². The van der Waals surface area contributed by atoms with Crippen LogP contribution < -0.4 is 5.11 Å². The monoisotopic (exact) mass is 347 g/mol. The summed E-state index contributed by atoms with van der Waals surface area (Å²) in [5.74, 6) is -0.796. The average molecular weight is 347 g/mol. The Labute approximate surface area is 149 Å².